The van der Waals surface area contributed by atoms with E-state index in [2.05, 4.69) is 27.0 Å². The predicted octanol–water partition coefficient (Wildman–Crippen LogP) is 5.21. The number of benzene rings is 1. The summed E-state index contributed by atoms with van der Waals surface area (Å²) in [5.74, 6) is 1.98. The Morgan fingerprint density at radius 2 is 2.13 bits per heavy atom. The summed E-state index contributed by atoms with van der Waals surface area (Å²) in [5, 5.41) is 0.752. The van der Waals surface area contributed by atoms with E-state index in [4.69, 9.17) is 21.1 Å². The van der Waals surface area contributed by atoms with Gasteiger partial charge in [-0.1, -0.05) is 33.6 Å². The summed E-state index contributed by atoms with van der Waals surface area (Å²) >= 11 is 9.60. The maximum absolute atomic E-state index is 6.17. The molecule has 1 saturated carbocycles. The SMILES string of the molecule is COc1cc(C)c(OC2CCC2Cc2ccc(Cl)cc2Br)cn1. The second kappa shape index (κ2) is 7.10. The zero-order valence-electron chi connectivity index (χ0n) is 13.2. The predicted molar refractivity (Wildman–Crippen MR) is 95.5 cm³/mol. The van der Waals surface area contributed by atoms with Crippen LogP contribution in [0.2, 0.25) is 5.02 Å². The van der Waals surface area contributed by atoms with Crippen LogP contribution in [0.15, 0.2) is 34.9 Å². The highest BCUT2D eigenvalue weighted by Gasteiger charge is 2.33. The van der Waals surface area contributed by atoms with Crippen molar-refractivity contribution in [3.63, 3.8) is 0 Å². The Kier molecular flexibility index (Phi) is 5.12. The van der Waals surface area contributed by atoms with Gasteiger partial charge in [-0.15, -0.1) is 0 Å². The van der Waals surface area contributed by atoms with Gasteiger partial charge >= 0.3 is 0 Å². The fourth-order valence-electron chi connectivity index (χ4n) is 2.81. The lowest BCUT2D eigenvalue weighted by Crippen LogP contribution is -2.38. The molecule has 3 nitrogen and oxygen atoms in total. The first-order valence-electron chi connectivity index (χ1n) is 7.68. The Balaban J connectivity index is 1.66. The van der Waals surface area contributed by atoms with Crippen LogP contribution in [-0.2, 0) is 6.42 Å². The number of hydrogen-bond acceptors (Lipinski definition) is 3. The average Bonchev–Trinajstić information content (AvgIpc) is 2.51. The van der Waals surface area contributed by atoms with Crippen LogP contribution >= 0.6 is 27.5 Å². The molecule has 3 rings (SSSR count). The molecule has 2 unspecified atom stereocenters. The Bertz CT molecular complexity index is 707. The summed E-state index contributed by atoms with van der Waals surface area (Å²) in [6.07, 6.45) is 5.25. The first-order valence-corrected chi connectivity index (χ1v) is 8.85. The first-order chi connectivity index (χ1) is 11.1. The van der Waals surface area contributed by atoms with Crippen LogP contribution in [0.25, 0.3) is 0 Å². The quantitative estimate of drug-likeness (QED) is 0.695. The third-order valence-corrected chi connectivity index (χ3v) is 5.34. The molecule has 0 saturated heterocycles. The fraction of sp³-hybridized carbons (Fsp3) is 0.389. The van der Waals surface area contributed by atoms with Crippen LogP contribution in [0, 0.1) is 12.8 Å². The number of aryl methyl sites for hydroxylation is 1. The van der Waals surface area contributed by atoms with Crippen LogP contribution in [0.1, 0.15) is 24.0 Å². The number of hydrogen-bond donors (Lipinski definition) is 0. The number of aromatic nitrogens is 1. The zero-order chi connectivity index (χ0) is 16.4. The van der Waals surface area contributed by atoms with E-state index in [0.29, 0.717) is 11.8 Å². The van der Waals surface area contributed by atoms with E-state index in [9.17, 15) is 0 Å². The average molecular weight is 397 g/mol. The highest BCUT2D eigenvalue weighted by molar-refractivity contribution is 9.10. The maximum Gasteiger partial charge on any atom is 0.213 e. The summed E-state index contributed by atoms with van der Waals surface area (Å²) in [4.78, 5) is 4.23. The third-order valence-electron chi connectivity index (χ3n) is 4.37. The van der Waals surface area contributed by atoms with E-state index in [1.165, 1.54) is 12.0 Å². The van der Waals surface area contributed by atoms with Crippen molar-refractivity contribution in [1.82, 2.24) is 4.98 Å². The standard InChI is InChI=1S/C18H19BrClNO2/c1-11-7-18(22-2)21-10-17(11)23-16-6-4-13(16)8-12-3-5-14(20)9-15(12)19/h3,5,7,9-10,13,16H,4,6,8H2,1-2H3. The highest BCUT2D eigenvalue weighted by Crippen LogP contribution is 2.37. The number of pyridine rings is 1. The minimum atomic E-state index is 0.242. The zero-order valence-corrected chi connectivity index (χ0v) is 15.5. The van der Waals surface area contributed by atoms with Crippen molar-refractivity contribution in [2.24, 2.45) is 5.92 Å². The molecule has 1 aromatic carbocycles. The summed E-state index contributed by atoms with van der Waals surface area (Å²) in [7, 11) is 1.62. The molecule has 0 radical (unpaired) electrons. The molecule has 23 heavy (non-hydrogen) atoms. The van der Waals surface area contributed by atoms with Crippen LogP contribution in [0.3, 0.4) is 0 Å². The van der Waals surface area contributed by atoms with Gasteiger partial charge in [0.1, 0.15) is 11.9 Å². The second-order valence-corrected chi connectivity index (χ2v) is 7.22. The van der Waals surface area contributed by atoms with Gasteiger partial charge in [-0.05, 0) is 49.4 Å². The van der Waals surface area contributed by atoms with Gasteiger partial charge in [-0.2, -0.15) is 0 Å². The molecule has 0 spiro atoms. The van der Waals surface area contributed by atoms with Gasteiger partial charge in [-0.25, -0.2) is 4.98 Å². The van der Waals surface area contributed by atoms with E-state index in [1.54, 1.807) is 13.3 Å². The molecule has 1 aliphatic carbocycles. The lowest BCUT2D eigenvalue weighted by molar-refractivity contribution is 0.0457. The number of halogens is 2. The van der Waals surface area contributed by atoms with Crippen molar-refractivity contribution < 1.29 is 9.47 Å². The molecule has 2 aromatic rings. The molecule has 0 N–H and O–H groups in total. The van der Waals surface area contributed by atoms with Gasteiger partial charge in [0.2, 0.25) is 5.88 Å². The van der Waals surface area contributed by atoms with Crippen LogP contribution in [-0.4, -0.2) is 18.2 Å². The molecule has 0 amide bonds. The van der Waals surface area contributed by atoms with Crippen LogP contribution < -0.4 is 9.47 Å². The number of rotatable bonds is 5. The normalized spacial score (nSPS) is 20.0. The Labute approximate surface area is 150 Å². The van der Waals surface area contributed by atoms with E-state index in [0.717, 1.165) is 33.6 Å². The first kappa shape index (κ1) is 16.6. The van der Waals surface area contributed by atoms with E-state index < -0.39 is 0 Å². The third kappa shape index (κ3) is 3.81. The molecule has 0 aliphatic heterocycles. The van der Waals surface area contributed by atoms with E-state index in [-0.39, 0.29) is 6.10 Å². The smallest absolute Gasteiger partial charge is 0.213 e. The monoisotopic (exact) mass is 395 g/mol. The van der Waals surface area contributed by atoms with E-state index in [1.807, 2.05) is 25.1 Å². The summed E-state index contributed by atoms with van der Waals surface area (Å²) in [5.41, 5.74) is 2.33. The highest BCUT2D eigenvalue weighted by atomic mass is 79.9. The number of ether oxygens (including phenoxy) is 2. The van der Waals surface area contributed by atoms with Crippen molar-refractivity contribution in [3.8, 4) is 11.6 Å². The molecule has 1 heterocycles. The lowest BCUT2D eigenvalue weighted by atomic mass is 9.78. The van der Waals surface area contributed by atoms with Gasteiger partial charge in [0.15, 0.2) is 0 Å². The lowest BCUT2D eigenvalue weighted by Gasteiger charge is -2.37. The molecular weight excluding hydrogens is 378 g/mol. The van der Waals surface area contributed by atoms with Gasteiger partial charge < -0.3 is 9.47 Å². The minimum absolute atomic E-state index is 0.242. The molecule has 1 aliphatic rings. The van der Waals surface area contributed by atoms with E-state index >= 15 is 0 Å². The largest absolute Gasteiger partial charge is 0.488 e. The van der Waals surface area contributed by atoms with Crippen molar-refractivity contribution >= 4 is 27.5 Å². The second-order valence-electron chi connectivity index (χ2n) is 5.93. The molecule has 5 heteroatoms. The van der Waals surface area contributed by atoms with Crippen molar-refractivity contribution in [1.29, 1.82) is 0 Å². The van der Waals surface area contributed by atoms with Gasteiger partial charge in [0.05, 0.1) is 13.3 Å². The number of methoxy groups -OCH3 is 1. The topological polar surface area (TPSA) is 31.4 Å². The molecule has 0 bridgehead atoms. The molecular formula is C18H19BrClNO2. The molecule has 1 aromatic heterocycles. The Morgan fingerprint density at radius 3 is 2.74 bits per heavy atom. The van der Waals surface area contributed by atoms with Crippen molar-refractivity contribution in [3.05, 3.63) is 51.1 Å². The Morgan fingerprint density at radius 1 is 1.30 bits per heavy atom. The minimum Gasteiger partial charge on any atom is -0.488 e. The fourth-order valence-corrected chi connectivity index (χ4v) is 3.66. The van der Waals surface area contributed by atoms with Gasteiger partial charge in [0.25, 0.3) is 0 Å². The summed E-state index contributed by atoms with van der Waals surface area (Å²) in [6.45, 7) is 2.02. The van der Waals surface area contributed by atoms with Crippen LogP contribution in [0.4, 0.5) is 0 Å². The summed E-state index contributed by atoms with van der Waals surface area (Å²) < 4.78 is 12.4. The van der Waals surface area contributed by atoms with Crippen molar-refractivity contribution in [2.75, 3.05) is 7.11 Å². The van der Waals surface area contributed by atoms with Gasteiger partial charge in [-0.3, -0.25) is 0 Å². The molecule has 122 valence electrons. The van der Waals surface area contributed by atoms with Crippen molar-refractivity contribution in [2.45, 2.75) is 32.3 Å². The van der Waals surface area contributed by atoms with Gasteiger partial charge in [0, 0.05) is 21.5 Å². The number of nitrogens with zero attached hydrogens (tertiary/aromatic N) is 1. The van der Waals surface area contributed by atoms with Crippen LogP contribution in [0.5, 0.6) is 11.6 Å². The molecule has 1 fully saturated rings. The molecule has 2 atom stereocenters. The Hall–Kier alpha value is -1.26. The summed E-state index contributed by atoms with van der Waals surface area (Å²) in [6, 6.07) is 7.87. The maximum atomic E-state index is 6.17.